The molecular formula is C13H18BrN3O2S2. The first-order valence-electron chi connectivity index (χ1n) is 6.88. The molecule has 1 aliphatic heterocycles. The van der Waals surface area contributed by atoms with E-state index in [1.54, 1.807) is 12.1 Å². The molecule has 2 heterocycles. The van der Waals surface area contributed by atoms with E-state index < -0.39 is 10.0 Å². The number of hydrogen-bond acceptors (Lipinski definition) is 5. The fraction of sp³-hybridized carbons (Fsp3) is 0.615. The van der Waals surface area contributed by atoms with Crippen LogP contribution in [0.15, 0.2) is 20.1 Å². The molecule has 8 heteroatoms. The molecule has 1 fully saturated rings. The first-order valence-corrected chi connectivity index (χ1v) is 9.93. The highest BCUT2D eigenvalue weighted by Gasteiger charge is 2.31. The fourth-order valence-corrected chi connectivity index (χ4v) is 6.01. The normalized spacial score (nSPS) is 19.3. The van der Waals surface area contributed by atoms with Crippen LogP contribution in [0.1, 0.15) is 19.8 Å². The SMILES string of the molecule is CCCC(C#N)N1CCN(S(=O)(=O)c2ccc(Br)s2)CC1. The van der Waals surface area contributed by atoms with Crippen LogP contribution < -0.4 is 0 Å². The number of rotatable bonds is 5. The maximum Gasteiger partial charge on any atom is 0.252 e. The van der Waals surface area contributed by atoms with Crippen molar-refractivity contribution in [2.45, 2.75) is 30.0 Å². The molecular weight excluding hydrogens is 374 g/mol. The second-order valence-corrected chi connectivity index (χ2v) is 9.56. The van der Waals surface area contributed by atoms with Crippen LogP contribution in [0, 0.1) is 11.3 Å². The summed E-state index contributed by atoms with van der Waals surface area (Å²) >= 11 is 4.52. The summed E-state index contributed by atoms with van der Waals surface area (Å²) in [5, 5.41) is 9.19. The quantitative estimate of drug-likeness (QED) is 0.773. The summed E-state index contributed by atoms with van der Waals surface area (Å²) in [7, 11) is -3.40. The third-order valence-corrected chi connectivity index (χ3v) is 7.56. The standard InChI is InChI=1S/C13H18BrN3O2S2/c1-2-3-11(10-15)16-6-8-17(9-7-16)21(18,19)13-5-4-12(14)20-13/h4-5,11H,2-3,6-9H2,1H3. The lowest BCUT2D eigenvalue weighted by molar-refractivity contribution is 0.156. The topological polar surface area (TPSA) is 64.4 Å². The largest absolute Gasteiger partial charge is 0.285 e. The van der Waals surface area contributed by atoms with Gasteiger partial charge in [-0.15, -0.1) is 11.3 Å². The Morgan fingerprint density at radius 1 is 1.38 bits per heavy atom. The minimum atomic E-state index is -3.40. The van der Waals surface area contributed by atoms with E-state index in [0.29, 0.717) is 30.4 Å². The lowest BCUT2D eigenvalue weighted by atomic mass is 10.1. The van der Waals surface area contributed by atoms with E-state index in [0.717, 1.165) is 16.6 Å². The molecule has 116 valence electrons. The van der Waals surface area contributed by atoms with E-state index in [1.165, 1.54) is 15.6 Å². The van der Waals surface area contributed by atoms with Crippen LogP contribution in [0.2, 0.25) is 0 Å². The molecule has 21 heavy (non-hydrogen) atoms. The van der Waals surface area contributed by atoms with E-state index in [4.69, 9.17) is 0 Å². The van der Waals surface area contributed by atoms with Gasteiger partial charge in [0.25, 0.3) is 10.0 Å². The summed E-state index contributed by atoms with van der Waals surface area (Å²) in [5.74, 6) is 0. The van der Waals surface area contributed by atoms with E-state index >= 15 is 0 Å². The van der Waals surface area contributed by atoms with Crippen LogP contribution in [0.3, 0.4) is 0 Å². The van der Waals surface area contributed by atoms with E-state index in [2.05, 4.69) is 33.8 Å². The number of nitrogens with zero attached hydrogens (tertiary/aromatic N) is 3. The lowest BCUT2D eigenvalue weighted by Gasteiger charge is -2.35. The molecule has 1 atom stereocenters. The molecule has 0 amide bonds. The van der Waals surface area contributed by atoms with Crippen LogP contribution in [0.5, 0.6) is 0 Å². The van der Waals surface area contributed by atoms with Crippen LogP contribution >= 0.6 is 27.3 Å². The van der Waals surface area contributed by atoms with Gasteiger partial charge < -0.3 is 0 Å². The molecule has 0 aliphatic carbocycles. The van der Waals surface area contributed by atoms with Gasteiger partial charge >= 0.3 is 0 Å². The number of piperazine rings is 1. The second-order valence-electron chi connectivity index (χ2n) is 4.93. The highest BCUT2D eigenvalue weighted by atomic mass is 79.9. The molecule has 1 aliphatic rings. The molecule has 1 aromatic rings. The molecule has 0 spiro atoms. The van der Waals surface area contributed by atoms with Crippen molar-refractivity contribution >= 4 is 37.3 Å². The number of thiophene rings is 1. The smallest absolute Gasteiger partial charge is 0.252 e. The fourth-order valence-electron chi connectivity index (χ4n) is 2.42. The lowest BCUT2D eigenvalue weighted by Crippen LogP contribution is -2.51. The van der Waals surface area contributed by atoms with Crippen LogP contribution in [-0.4, -0.2) is 49.8 Å². The van der Waals surface area contributed by atoms with Gasteiger partial charge in [-0.05, 0) is 34.5 Å². The highest BCUT2D eigenvalue weighted by Crippen LogP contribution is 2.29. The number of nitriles is 1. The zero-order chi connectivity index (χ0) is 15.5. The van der Waals surface area contributed by atoms with Crippen LogP contribution in [0.25, 0.3) is 0 Å². The average Bonchev–Trinajstić information content (AvgIpc) is 2.92. The molecule has 5 nitrogen and oxygen atoms in total. The first-order chi connectivity index (χ1) is 9.98. The second kappa shape index (κ2) is 7.20. The van der Waals surface area contributed by atoms with Gasteiger partial charge in [0.2, 0.25) is 0 Å². The molecule has 0 saturated carbocycles. The van der Waals surface area contributed by atoms with Crippen molar-refractivity contribution in [3.63, 3.8) is 0 Å². The van der Waals surface area contributed by atoms with Gasteiger partial charge in [-0.2, -0.15) is 9.57 Å². The van der Waals surface area contributed by atoms with Gasteiger partial charge in [-0.25, -0.2) is 8.42 Å². The minimum Gasteiger partial charge on any atom is -0.285 e. The van der Waals surface area contributed by atoms with Crippen molar-refractivity contribution in [2.24, 2.45) is 0 Å². The molecule has 1 aromatic heterocycles. The highest BCUT2D eigenvalue weighted by molar-refractivity contribution is 9.11. The Bertz CT molecular complexity index is 616. The van der Waals surface area contributed by atoms with Crippen molar-refractivity contribution in [2.75, 3.05) is 26.2 Å². The molecule has 0 N–H and O–H groups in total. The Balaban J connectivity index is 2.02. The Kier molecular flexibility index (Phi) is 5.80. The molecule has 2 rings (SSSR count). The number of sulfonamides is 1. The maximum atomic E-state index is 12.5. The summed E-state index contributed by atoms with van der Waals surface area (Å²) in [4.78, 5) is 2.08. The molecule has 0 radical (unpaired) electrons. The van der Waals surface area contributed by atoms with E-state index in [-0.39, 0.29) is 6.04 Å². The van der Waals surface area contributed by atoms with Crippen molar-refractivity contribution in [1.82, 2.24) is 9.21 Å². The van der Waals surface area contributed by atoms with E-state index in [1.807, 2.05) is 0 Å². The Morgan fingerprint density at radius 2 is 2.05 bits per heavy atom. The number of hydrogen-bond donors (Lipinski definition) is 0. The van der Waals surface area contributed by atoms with Crippen molar-refractivity contribution < 1.29 is 8.42 Å². The van der Waals surface area contributed by atoms with Crippen LogP contribution in [0.4, 0.5) is 0 Å². The zero-order valence-electron chi connectivity index (χ0n) is 11.8. The van der Waals surface area contributed by atoms with Gasteiger partial charge in [0, 0.05) is 26.2 Å². The summed E-state index contributed by atoms with van der Waals surface area (Å²) in [6, 6.07) is 5.60. The van der Waals surface area contributed by atoms with Crippen molar-refractivity contribution in [3.05, 3.63) is 15.9 Å². The molecule has 1 unspecified atom stereocenters. The van der Waals surface area contributed by atoms with Crippen LogP contribution in [-0.2, 0) is 10.0 Å². The monoisotopic (exact) mass is 391 g/mol. The molecule has 0 aromatic carbocycles. The van der Waals surface area contributed by atoms with Gasteiger partial charge in [0.15, 0.2) is 0 Å². The molecule has 1 saturated heterocycles. The van der Waals surface area contributed by atoms with Crippen molar-refractivity contribution in [1.29, 1.82) is 5.26 Å². The summed E-state index contributed by atoms with van der Waals surface area (Å²) in [6.45, 7) is 4.17. The third kappa shape index (κ3) is 3.85. The first kappa shape index (κ1) is 16.9. The van der Waals surface area contributed by atoms with Gasteiger partial charge in [-0.1, -0.05) is 13.3 Å². The third-order valence-electron chi connectivity index (χ3n) is 3.57. The maximum absolute atomic E-state index is 12.5. The van der Waals surface area contributed by atoms with Gasteiger partial charge in [0.05, 0.1) is 15.9 Å². The average molecular weight is 392 g/mol. The molecule has 0 bridgehead atoms. The predicted octanol–water partition coefficient (Wildman–Crippen LogP) is 2.51. The number of halogens is 1. The summed E-state index contributed by atoms with van der Waals surface area (Å²) in [5.41, 5.74) is 0. The van der Waals surface area contributed by atoms with Gasteiger partial charge in [-0.3, -0.25) is 4.90 Å². The minimum absolute atomic E-state index is 0.101. The van der Waals surface area contributed by atoms with E-state index in [9.17, 15) is 13.7 Å². The Hall–Kier alpha value is -0.460. The van der Waals surface area contributed by atoms with Crippen molar-refractivity contribution in [3.8, 4) is 6.07 Å². The Labute approximate surface area is 138 Å². The zero-order valence-corrected chi connectivity index (χ0v) is 15.0. The Morgan fingerprint density at radius 3 is 2.52 bits per heavy atom. The summed E-state index contributed by atoms with van der Waals surface area (Å²) in [6.07, 6.45) is 1.79. The predicted molar refractivity (Wildman–Crippen MR) is 86.7 cm³/mol. The van der Waals surface area contributed by atoms with Gasteiger partial charge in [0.1, 0.15) is 4.21 Å². The summed E-state index contributed by atoms with van der Waals surface area (Å²) < 4.78 is 27.7.